The van der Waals surface area contributed by atoms with Crippen molar-refractivity contribution in [2.24, 2.45) is 5.92 Å². The monoisotopic (exact) mass is 247 g/mol. The Bertz CT molecular complexity index is 357. The van der Waals surface area contributed by atoms with Crippen molar-refractivity contribution in [3.05, 3.63) is 36.1 Å². The van der Waals surface area contributed by atoms with Gasteiger partial charge >= 0.3 is 0 Å². The molecule has 0 atom stereocenters. The highest BCUT2D eigenvalue weighted by Crippen LogP contribution is 2.31. The van der Waals surface area contributed by atoms with Crippen molar-refractivity contribution in [2.75, 3.05) is 6.54 Å². The van der Waals surface area contributed by atoms with E-state index in [4.69, 9.17) is 0 Å². The van der Waals surface area contributed by atoms with Gasteiger partial charge in [-0.2, -0.15) is 0 Å². The van der Waals surface area contributed by atoms with Crippen LogP contribution in [0.2, 0.25) is 0 Å². The molecule has 0 N–H and O–H groups in total. The highest BCUT2D eigenvalue weighted by molar-refractivity contribution is 5.82. The van der Waals surface area contributed by atoms with Crippen molar-refractivity contribution >= 4 is 5.91 Å². The molecule has 1 aliphatic carbocycles. The van der Waals surface area contributed by atoms with E-state index in [9.17, 15) is 4.79 Å². The number of rotatable bonds is 7. The maximum Gasteiger partial charge on any atom is 0.229 e. The van der Waals surface area contributed by atoms with Crippen LogP contribution in [0.25, 0.3) is 0 Å². The van der Waals surface area contributed by atoms with Gasteiger partial charge in [0.05, 0.1) is 0 Å². The number of amides is 1. The summed E-state index contributed by atoms with van der Waals surface area (Å²) >= 11 is 0. The molecule has 1 saturated carbocycles. The van der Waals surface area contributed by atoms with Crippen LogP contribution in [0.3, 0.4) is 0 Å². The summed E-state index contributed by atoms with van der Waals surface area (Å²) < 4.78 is 0. The lowest BCUT2D eigenvalue weighted by Gasteiger charge is -2.16. The van der Waals surface area contributed by atoms with Crippen LogP contribution in [0.1, 0.15) is 46.5 Å². The summed E-state index contributed by atoms with van der Waals surface area (Å²) in [5.41, 5.74) is 2.70. The normalized spacial score (nSPS) is 15.2. The van der Waals surface area contributed by atoms with Crippen LogP contribution in [-0.4, -0.2) is 17.4 Å². The van der Waals surface area contributed by atoms with Crippen LogP contribution in [0.5, 0.6) is 0 Å². The van der Waals surface area contributed by atoms with Crippen molar-refractivity contribution in [3.63, 3.8) is 0 Å². The third kappa shape index (κ3) is 5.35. The van der Waals surface area contributed by atoms with E-state index in [1.165, 1.54) is 11.1 Å². The van der Waals surface area contributed by atoms with Gasteiger partial charge in [0.25, 0.3) is 0 Å². The fraction of sp³-hybridized carbons (Fsp3) is 0.562. The number of nitrogens with zero attached hydrogens (tertiary/aromatic N) is 1. The van der Waals surface area contributed by atoms with Gasteiger partial charge in [-0.3, -0.25) is 4.79 Å². The number of hydrogen-bond acceptors (Lipinski definition) is 1. The molecule has 2 nitrogen and oxygen atoms in total. The van der Waals surface area contributed by atoms with Gasteiger partial charge < -0.3 is 4.90 Å². The van der Waals surface area contributed by atoms with E-state index in [0.717, 1.165) is 25.7 Å². The number of carbonyl (C=O) groups is 1. The minimum Gasteiger partial charge on any atom is -0.316 e. The largest absolute Gasteiger partial charge is 0.316 e. The van der Waals surface area contributed by atoms with Gasteiger partial charge in [0.1, 0.15) is 0 Å². The van der Waals surface area contributed by atoms with Crippen LogP contribution >= 0.6 is 0 Å². The topological polar surface area (TPSA) is 20.3 Å². The van der Waals surface area contributed by atoms with E-state index in [1.54, 1.807) is 11.1 Å². The Balaban J connectivity index is 2.37. The predicted octanol–water partition coefficient (Wildman–Crippen LogP) is 4.06. The zero-order chi connectivity index (χ0) is 13.5. The van der Waals surface area contributed by atoms with Gasteiger partial charge in [0.2, 0.25) is 5.91 Å². The molecule has 0 aromatic carbocycles. The maximum absolute atomic E-state index is 11.9. The lowest BCUT2D eigenvalue weighted by molar-refractivity contribution is -0.129. The van der Waals surface area contributed by atoms with Gasteiger partial charge in [-0.1, -0.05) is 29.9 Å². The fourth-order valence-electron chi connectivity index (χ4n) is 1.76. The van der Waals surface area contributed by atoms with Gasteiger partial charge in [-0.05, 0) is 52.7 Å². The lowest BCUT2D eigenvalue weighted by Crippen LogP contribution is -2.27. The molecule has 0 bridgehead atoms. The molecule has 0 saturated heterocycles. The molecule has 100 valence electrons. The standard InChI is InChI=1S/C16H25NO/c1-5-17(16(18)15-9-10-15)12-11-14(4)8-6-7-13(2)3/h5,7,11,15H,1,6,8-10,12H2,2-4H3/b14-11-. The first kappa shape index (κ1) is 14.7. The van der Waals surface area contributed by atoms with Crippen molar-refractivity contribution < 1.29 is 4.79 Å². The first-order chi connectivity index (χ1) is 8.54. The Labute approximate surface area is 111 Å². The van der Waals surface area contributed by atoms with E-state index in [1.807, 2.05) is 0 Å². The second-order valence-electron chi connectivity index (χ2n) is 5.32. The lowest BCUT2D eigenvalue weighted by atomic mass is 10.1. The van der Waals surface area contributed by atoms with Crippen LogP contribution in [0.15, 0.2) is 36.1 Å². The molecule has 1 aliphatic rings. The molecule has 0 heterocycles. The van der Waals surface area contributed by atoms with Crippen LogP contribution in [0, 0.1) is 5.92 Å². The number of carbonyl (C=O) groups excluding carboxylic acids is 1. The van der Waals surface area contributed by atoms with Crippen molar-refractivity contribution in [3.8, 4) is 0 Å². The zero-order valence-electron chi connectivity index (χ0n) is 11.9. The predicted molar refractivity (Wildman–Crippen MR) is 77.1 cm³/mol. The van der Waals surface area contributed by atoms with E-state index >= 15 is 0 Å². The molecule has 2 heteroatoms. The first-order valence-electron chi connectivity index (χ1n) is 6.76. The number of hydrogen-bond donors (Lipinski definition) is 0. The third-order valence-electron chi connectivity index (χ3n) is 3.16. The van der Waals surface area contributed by atoms with E-state index in [0.29, 0.717) is 6.54 Å². The summed E-state index contributed by atoms with van der Waals surface area (Å²) in [6.45, 7) is 10.8. The molecule has 0 spiro atoms. The summed E-state index contributed by atoms with van der Waals surface area (Å²) in [7, 11) is 0. The first-order valence-corrected chi connectivity index (χ1v) is 6.76. The Morgan fingerprint density at radius 1 is 1.28 bits per heavy atom. The Hall–Kier alpha value is -1.31. The molecular weight excluding hydrogens is 222 g/mol. The van der Waals surface area contributed by atoms with Crippen molar-refractivity contribution in [1.82, 2.24) is 4.90 Å². The maximum atomic E-state index is 11.9. The molecule has 1 amide bonds. The van der Waals surface area contributed by atoms with E-state index in [-0.39, 0.29) is 11.8 Å². The number of allylic oxidation sites excluding steroid dienone is 3. The minimum absolute atomic E-state index is 0.235. The van der Waals surface area contributed by atoms with Crippen molar-refractivity contribution in [2.45, 2.75) is 46.5 Å². The zero-order valence-corrected chi connectivity index (χ0v) is 11.9. The molecule has 1 fully saturated rings. The van der Waals surface area contributed by atoms with Gasteiger partial charge in [-0.15, -0.1) is 0 Å². The second-order valence-corrected chi connectivity index (χ2v) is 5.32. The van der Waals surface area contributed by atoms with Crippen molar-refractivity contribution in [1.29, 1.82) is 0 Å². The highest BCUT2D eigenvalue weighted by atomic mass is 16.2. The van der Waals surface area contributed by atoms with Gasteiger partial charge in [-0.25, -0.2) is 0 Å². The summed E-state index contributed by atoms with van der Waals surface area (Å²) in [4.78, 5) is 13.6. The van der Waals surface area contributed by atoms with Crippen LogP contribution in [0.4, 0.5) is 0 Å². The average Bonchev–Trinajstić information content (AvgIpc) is 3.12. The summed E-state index contributed by atoms with van der Waals surface area (Å²) in [5.74, 6) is 0.501. The SMILES string of the molecule is C=CN(C/C=C(/C)CCC=C(C)C)C(=O)C1CC1. The molecule has 1 rings (SSSR count). The molecule has 0 aromatic heterocycles. The molecule has 18 heavy (non-hydrogen) atoms. The van der Waals surface area contributed by atoms with Gasteiger partial charge in [0.15, 0.2) is 0 Å². The molecule has 0 aliphatic heterocycles. The summed E-state index contributed by atoms with van der Waals surface area (Å²) in [6.07, 6.45) is 10.3. The Morgan fingerprint density at radius 2 is 1.94 bits per heavy atom. The van der Waals surface area contributed by atoms with Gasteiger partial charge in [0, 0.05) is 12.5 Å². The minimum atomic E-state index is 0.235. The molecule has 0 unspecified atom stereocenters. The smallest absolute Gasteiger partial charge is 0.229 e. The quantitative estimate of drug-likeness (QED) is 0.621. The Morgan fingerprint density at radius 3 is 2.44 bits per heavy atom. The highest BCUT2D eigenvalue weighted by Gasteiger charge is 2.32. The van der Waals surface area contributed by atoms with E-state index < -0.39 is 0 Å². The fourth-order valence-corrected chi connectivity index (χ4v) is 1.76. The average molecular weight is 247 g/mol. The van der Waals surface area contributed by atoms with E-state index in [2.05, 4.69) is 39.5 Å². The molecule has 0 radical (unpaired) electrons. The van der Waals surface area contributed by atoms with Crippen LogP contribution < -0.4 is 0 Å². The second kappa shape index (κ2) is 7.20. The Kier molecular flexibility index (Phi) is 5.90. The molecular formula is C16H25NO. The summed E-state index contributed by atoms with van der Waals surface area (Å²) in [5, 5.41) is 0. The molecule has 0 aromatic rings. The third-order valence-corrected chi connectivity index (χ3v) is 3.16. The van der Waals surface area contributed by atoms with Crippen LogP contribution in [-0.2, 0) is 4.79 Å². The summed E-state index contributed by atoms with van der Waals surface area (Å²) in [6, 6.07) is 0.